The van der Waals surface area contributed by atoms with Crippen LogP contribution >= 0.6 is 0 Å². The van der Waals surface area contributed by atoms with Crippen LogP contribution in [0.25, 0.3) is 11.2 Å². The number of piperazine rings is 1. The highest BCUT2D eigenvalue weighted by molar-refractivity contribution is 5.76. The van der Waals surface area contributed by atoms with Crippen molar-refractivity contribution < 1.29 is 27.8 Å². The molecule has 1 aliphatic rings. The molecule has 0 radical (unpaired) electrons. The zero-order chi connectivity index (χ0) is 22.9. The summed E-state index contributed by atoms with van der Waals surface area (Å²) in [6, 6.07) is -0.346. The van der Waals surface area contributed by atoms with Gasteiger partial charge in [0.1, 0.15) is 0 Å². The third kappa shape index (κ3) is 4.07. The van der Waals surface area contributed by atoms with Crippen LogP contribution < -0.4 is 21.5 Å². The standard InChI is InChI=1S/C17H21F3N6O5/c1-3-5-25-11-12(22-15(25)24-6-4-21-7-10(24)8-27)23(2)16(30)26(13(11)28)9-31-14(29)17(18,19)20/h3,10,21,27H,1,4-9H2,2H3. The molecule has 3 heterocycles. The Morgan fingerprint density at radius 3 is 2.71 bits per heavy atom. The summed E-state index contributed by atoms with van der Waals surface area (Å²) in [4.78, 5) is 42.8. The zero-order valence-electron chi connectivity index (χ0n) is 16.6. The number of nitrogens with zero attached hydrogens (tertiary/aromatic N) is 5. The molecule has 1 aliphatic heterocycles. The lowest BCUT2D eigenvalue weighted by Crippen LogP contribution is -2.54. The minimum atomic E-state index is -5.27. The van der Waals surface area contributed by atoms with Gasteiger partial charge in [0.2, 0.25) is 5.95 Å². The first-order chi connectivity index (χ1) is 14.6. The van der Waals surface area contributed by atoms with Gasteiger partial charge >= 0.3 is 17.8 Å². The molecule has 0 spiro atoms. The SMILES string of the molecule is C=CCn1c(N2CCNCC2CO)nc2c1c(=O)n(COC(=O)C(F)(F)F)c(=O)n2C. The Kier molecular flexibility index (Phi) is 6.22. The Labute approximate surface area is 172 Å². The lowest BCUT2D eigenvalue weighted by molar-refractivity contribution is -0.203. The summed E-state index contributed by atoms with van der Waals surface area (Å²) >= 11 is 0. The summed E-state index contributed by atoms with van der Waals surface area (Å²) in [6.07, 6.45) is -3.78. The predicted octanol–water partition coefficient (Wildman–Crippen LogP) is -1.08. The number of aliphatic hydroxyl groups is 1. The molecule has 170 valence electrons. The summed E-state index contributed by atoms with van der Waals surface area (Å²) in [5.41, 5.74) is -2.04. The van der Waals surface area contributed by atoms with Crippen LogP contribution in [0.2, 0.25) is 0 Å². The molecular weight excluding hydrogens is 425 g/mol. The third-order valence-corrected chi connectivity index (χ3v) is 4.90. The van der Waals surface area contributed by atoms with E-state index in [4.69, 9.17) is 0 Å². The Morgan fingerprint density at radius 2 is 2.10 bits per heavy atom. The molecule has 0 amide bonds. The van der Waals surface area contributed by atoms with E-state index < -0.39 is 30.1 Å². The number of ether oxygens (including phenoxy) is 1. The number of halogens is 3. The summed E-state index contributed by atoms with van der Waals surface area (Å²) in [5.74, 6) is -2.22. The summed E-state index contributed by atoms with van der Waals surface area (Å²) in [6.45, 7) is 3.85. The molecule has 2 N–H and O–H groups in total. The van der Waals surface area contributed by atoms with Crippen LogP contribution in [0.3, 0.4) is 0 Å². The lowest BCUT2D eigenvalue weighted by atomic mass is 10.2. The first-order valence-corrected chi connectivity index (χ1v) is 9.25. The predicted molar refractivity (Wildman–Crippen MR) is 103 cm³/mol. The Hall–Kier alpha value is -3.13. The molecule has 0 aliphatic carbocycles. The fraction of sp³-hybridized carbons (Fsp3) is 0.529. The van der Waals surface area contributed by atoms with E-state index in [0.717, 1.165) is 4.57 Å². The van der Waals surface area contributed by atoms with E-state index in [1.807, 2.05) is 0 Å². The molecule has 2 aromatic heterocycles. The minimum absolute atomic E-state index is 0.000436. The number of imidazole rings is 1. The number of rotatable bonds is 6. The van der Waals surface area contributed by atoms with Crippen molar-refractivity contribution in [3.8, 4) is 0 Å². The van der Waals surface area contributed by atoms with Crippen molar-refractivity contribution in [3.63, 3.8) is 0 Å². The van der Waals surface area contributed by atoms with E-state index in [2.05, 4.69) is 21.6 Å². The molecule has 0 saturated carbocycles. The van der Waals surface area contributed by atoms with Crippen LogP contribution in [0.4, 0.5) is 19.1 Å². The maximum atomic E-state index is 13.0. The van der Waals surface area contributed by atoms with Gasteiger partial charge in [-0.1, -0.05) is 6.08 Å². The Balaban J connectivity index is 2.17. The zero-order valence-corrected chi connectivity index (χ0v) is 16.6. The molecular formula is C17H21F3N6O5. The Bertz CT molecular complexity index is 1120. The maximum Gasteiger partial charge on any atom is 0.490 e. The van der Waals surface area contributed by atoms with Crippen LogP contribution in [-0.4, -0.2) is 68.2 Å². The van der Waals surface area contributed by atoms with E-state index in [0.29, 0.717) is 30.1 Å². The van der Waals surface area contributed by atoms with Gasteiger partial charge in [-0.05, 0) is 0 Å². The number of esters is 1. The van der Waals surface area contributed by atoms with Crippen molar-refractivity contribution in [3.05, 3.63) is 33.5 Å². The van der Waals surface area contributed by atoms with Crippen molar-refractivity contribution in [2.45, 2.75) is 25.5 Å². The maximum absolute atomic E-state index is 13.0. The lowest BCUT2D eigenvalue weighted by Gasteiger charge is -2.36. The molecule has 0 bridgehead atoms. The highest BCUT2D eigenvalue weighted by atomic mass is 19.4. The van der Waals surface area contributed by atoms with Gasteiger partial charge in [-0.15, -0.1) is 6.58 Å². The fourth-order valence-corrected chi connectivity index (χ4v) is 3.39. The number of nitrogens with one attached hydrogen (secondary N) is 1. The van der Waals surface area contributed by atoms with Crippen molar-refractivity contribution in [1.82, 2.24) is 24.0 Å². The molecule has 11 nitrogen and oxygen atoms in total. The summed E-state index contributed by atoms with van der Waals surface area (Å²) < 4.78 is 44.2. The number of carbonyl (C=O) groups excluding carboxylic acids is 1. The molecule has 31 heavy (non-hydrogen) atoms. The van der Waals surface area contributed by atoms with Gasteiger partial charge in [0, 0.05) is 33.2 Å². The third-order valence-electron chi connectivity index (χ3n) is 4.90. The second-order valence-corrected chi connectivity index (χ2v) is 6.85. The van der Waals surface area contributed by atoms with Crippen molar-refractivity contribution in [2.24, 2.45) is 7.05 Å². The first-order valence-electron chi connectivity index (χ1n) is 9.25. The quantitative estimate of drug-likeness (QED) is 0.424. The van der Waals surface area contributed by atoms with Crippen molar-refractivity contribution in [1.29, 1.82) is 0 Å². The number of hydrogen-bond donors (Lipinski definition) is 2. The average molecular weight is 446 g/mol. The monoisotopic (exact) mass is 446 g/mol. The van der Waals surface area contributed by atoms with Gasteiger partial charge in [0.05, 0.1) is 12.6 Å². The molecule has 1 atom stereocenters. The largest absolute Gasteiger partial charge is 0.490 e. The number of allylic oxidation sites excluding steroid dienone is 1. The number of hydrogen-bond acceptors (Lipinski definition) is 8. The second-order valence-electron chi connectivity index (χ2n) is 6.85. The molecule has 1 unspecified atom stereocenters. The highest BCUT2D eigenvalue weighted by Crippen LogP contribution is 2.22. The van der Waals surface area contributed by atoms with Gasteiger partial charge in [0.15, 0.2) is 17.9 Å². The number of anilines is 1. The van der Waals surface area contributed by atoms with Gasteiger partial charge in [0.25, 0.3) is 5.56 Å². The molecule has 1 fully saturated rings. The van der Waals surface area contributed by atoms with Crippen LogP contribution in [-0.2, 0) is 29.9 Å². The van der Waals surface area contributed by atoms with Gasteiger partial charge < -0.3 is 24.6 Å². The van der Waals surface area contributed by atoms with E-state index in [1.165, 1.54) is 17.7 Å². The van der Waals surface area contributed by atoms with E-state index in [-0.39, 0.29) is 30.4 Å². The number of aromatic nitrogens is 4. The molecule has 2 aromatic rings. The second kappa shape index (κ2) is 8.55. The molecule has 0 aromatic carbocycles. The van der Waals surface area contributed by atoms with E-state index in [9.17, 15) is 32.7 Å². The number of fused-ring (bicyclic) bond motifs is 1. The minimum Gasteiger partial charge on any atom is -0.437 e. The first kappa shape index (κ1) is 22.6. The number of aryl methyl sites for hydroxylation is 1. The molecule has 14 heteroatoms. The van der Waals surface area contributed by atoms with E-state index in [1.54, 1.807) is 4.90 Å². The molecule has 1 saturated heterocycles. The smallest absolute Gasteiger partial charge is 0.437 e. The van der Waals surface area contributed by atoms with Gasteiger partial charge in [-0.25, -0.2) is 14.2 Å². The Morgan fingerprint density at radius 1 is 1.39 bits per heavy atom. The van der Waals surface area contributed by atoms with Crippen LogP contribution in [0.5, 0.6) is 0 Å². The van der Waals surface area contributed by atoms with E-state index >= 15 is 0 Å². The number of alkyl halides is 3. The summed E-state index contributed by atoms with van der Waals surface area (Å²) in [5, 5.41) is 12.8. The molecule has 3 rings (SSSR count). The highest BCUT2D eigenvalue weighted by Gasteiger charge is 2.41. The fourth-order valence-electron chi connectivity index (χ4n) is 3.39. The number of aliphatic hydroxyl groups excluding tert-OH is 1. The summed E-state index contributed by atoms with van der Waals surface area (Å²) in [7, 11) is 1.29. The van der Waals surface area contributed by atoms with Crippen molar-refractivity contribution >= 4 is 23.1 Å². The number of carbonyl (C=O) groups is 1. The normalized spacial score (nSPS) is 17.2. The topological polar surface area (TPSA) is 124 Å². The van der Waals surface area contributed by atoms with Gasteiger partial charge in [-0.3, -0.25) is 9.36 Å². The van der Waals surface area contributed by atoms with Crippen LogP contribution in [0.15, 0.2) is 22.2 Å². The van der Waals surface area contributed by atoms with Crippen LogP contribution in [0.1, 0.15) is 0 Å². The van der Waals surface area contributed by atoms with Crippen LogP contribution in [0, 0.1) is 0 Å². The van der Waals surface area contributed by atoms with Gasteiger partial charge in [-0.2, -0.15) is 18.2 Å². The average Bonchev–Trinajstić information content (AvgIpc) is 3.11. The van der Waals surface area contributed by atoms with Crippen molar-refractivity contribution in [2.75, 3.05) is 31.1 Å².